The zero-order chi connectivity index (χ0) is 17.1. The largest absolute Gasteiger partial charge is 0.497 e. The average Bonchev–Trinajstić information content (AvgIpc) is 3.03. The van der Waals surface area contributed by atoms with Gasteiger partial charge in [-0.05, 0) is 47.7 Å². The van der Waals surface area contributed by atoms with Gasteiger partial charge in [-0.3, -0.25) is 9.59 Å². The van der Waals surface area contributed by atoms with Crippen molar-refractivity contribution in [2.45, 2.75) is 31.7 Å². The fourth-order valence-corrected chi connectivity index (χ4v) is 3.39. The van der Waals surface area contributed by atoms with E-state index in [-0.39, 0.29) is 24.3 Å². The first-order chi connectivity index (χ1) is 11.6. The zero-order valence-corrected chi connectivity index (χ0v) is 13.6. The van der Waals surface area contributed by atoms with Gasteiger partial charge in [-0.15, -0.1) is 0 Å². The highest BCUT2D eigenvalue weighted by atomic mass is 16.5. The van der Waals surface area contributed by atoms with Crippen LogP contribution >= 0.6 is 0 Å². The molecule has 1 saturated carbocycles. The Bertz CT molecular complexity index is 771. The summed E-state index contributed by atoms with van der Waals surface area (Å²) in [5.41, 5.74) is 0.941. The van der Waals surface area contributed by atoms with Gasteiger partial charge >= 0.3 is 5.97 Å². The van der Waals surface area contributed by atoms with Crippen molar-refractivity contribution >= 4 is 22.6 Å². The predicted octanol–water partition coefficient (Wildman–Crippen LogP) is 2.76. The lowest BCUT2D eigenvalue weighted by Crippen LogP contribution is -2.34. The highest BCUT2D eigenvalue weighted by Gasteiger charge is 2.30. The number of ether oxygens (including phenoxy) is 1. The van der Waals surface area contributed by atoms with Crippen LogP contribution in [0.3, 0.4) is 0 Å². The van der Waals surface area contributed by atoms with Crippen LogP contribution in [-0.4, -0.2) is 30.1 Å². The summed E-state index contributed by atoms with van der Waals surface area (Å²) in [6.07, 6.45) is 2.15. The Hall–Kier alpha value is -2.56. The molecule has 0 saturated heterocycles. The van der Waals surface area contributed by atoms with Gasteiger partial charge in [-0.1, -0.05) is 24.3 Å². The van der Waals surface area contributed by atoms with E-state index in [1.54, 1.807) is 7.11 Å². The number of hydrogen-bond donors (Lipinski definition) is 2. The summed E-state index contributed by atoms with van der Waals surface area (Å²) < 4.78 is 5.27. The number of methoxy groups -OCH3 is 1. The van der Waals surface area contributed by atoms with Gasteiger partial charge in [0.05, 0.1) is 19.4 Å². The standard InChI is InChI=1S/C19H21NO4/c1-24-16-8-6-12-3-2-4-13(17(12)11-16)10-18(21)20-15-7-5-14(9-15)19(22)23/h2-4,6,8,11,14-15H,5,7,9-10H2,1H3,(H,20,21)(H,22,23)/t14-,15+/m1/s1. The molecule has 0 aliphatic heterocycles. The zero-order valence-electron chi connectivity index (χ0n) is 13.6. The highest BCUT2D eigenvalue weighted by molar-refractivity contribution is 5.91. The van der Waals surface area contributed by atoms with Crippen LogP contribution in [0, 0.1) is 5.92 Å². The molecule has 5 nitrogen and oxygen atoms in total. The number of carboxylic acids is 1. The third kappa shape index (κ3) is 3.50. The molecule has 0 aromatic heterocycles. The van der Waals surface area contributed by atoms with Crippen LogP contribution in [0.25, 0.3) is 10.8 Å². The monoisotopic (exact) mass is 327 g/mol. The number of benzene rings is 2. The van der Waals surface area contributed by atoms with E-state index >= 15 is 0 Å². The minimum absolute atomic E-state index is 0.0388. The Kier molecular flexibility index (Phi) is 4.69. The Morgan fingerprint density at radius 2 is 2.08 bits per heavy atom. The Labute approximate surface area is 140 Å². The maximum absolute atomic E-state index is 12.4. The molecule has 0 unspecified atom stereocenters. The summed E-state index contributed by atoms with van der Waals surface area (Å²) >= 11 is 0. The molecule has 0 radical (unpaired) electrons. The van der Waals surface area contributed by atoms with Crippen LogP contribution in [0.1, 0.15) is 24.8 Å². The van der Waals surface area contributed by atoms with E-state index in [9.17, 15) is 9.59 Å². The van der Waals surface area contributed by atoms with Gasteiger partial charge in [0.1, 0.15) is 5.75 Å². The van der Waals surface area contributed by atoms with Gasteiger partial charge in [0.25, 0.3) is 0 Å². The quantitative estimate of drug-likeness (QED) is 0.885. The third-order valence-electron chi connectivity index (χ3n) is 4.68. The Morgan fingerprint density at radius 1 is 1.25 bits per heavy atom. The van der Waals surface area contributed by atoms with Gasteiger partial charge in [-0.25, -0.2) is 0 Å². The Morgan fingerprint density at radius 3 is 2.79 bits per heavy atom. The van der Waals surface area contributed by atoms with Crippen molar-refractivity contribution in [1.29, 1.82) is 0 Å². The molecule has 2 aromatic carbocycles. The number of aliphatic carboxylic acids is 1. The van der Waals surface area contributed by atoms with Crippen molar-refractivity contribution in [3.05, 3.63) is 42.0 Å². The van der Waals surface area contributed by atoms with Crippen LogP contribution < -0.4 is 10.1 Å². The smallest absolute Gasteiger partial charge is 0.306 e. The first-order valence-corrected chi connectivity index (χ1v) is 8.14. The second-order valence-electron chi connectivity index (χ2n) is 6.29. The molecule has 1 aliphatic rings. The molecule has 1 fully saturated rings. The summed E-state index contributed by atoms with van der Waals surface area (Å²) in [4.78, 5) is 23.4. The molecule has 2 N–H and O–H groups in total. The van der Waals surface area contributed by atoms with Gasteiger partial charge < -0.3 is 15.2 Å². The number of carboxylic acid groups (broad SMARTS) is 1. The molecule has 1 amide bonds. The normalized spacial score (nSPS) is 20.0. The van der Waals surface area contributed by atoms with E-state index in [2.05, 4.69) is 5.32 Å². The first-order valence-electron chi connectivity index (χ1n) is 8.14. The summed E-state index contributed by atoms with van der Waals surface area (Å²) in [5.74, 6) is -0.415. The molecular formula is C19H21NO4. The van der Waals surface area contributed by atoms with Crippen LogP contribution in [0.5, 0.6) is 5.75 Å². The van der Waals surface area contributed by atoms with Crippen molar-refractivity contribution in [1.82, 2.24) is 5.32 Å². The van der Waals surface area contributed by atoms with Crippen LogP contribution in [0.15, 0.2) is 36.4 Å². The number of rotatable bonds is 5. The average molecular weight is 327 g/mol. The van der Waals surface area contributed by atoms with E-state index in [0.29, 0.717) is 12.8 Å². The third-order valence-corrected chi connectivity index (χ3v) is 4.68. The van der Waals surface area contributed by atoms with Gasteiger partial charge in [0.2, 0.25) is 5.91 Å². The molecule has 0 spiro atoms. The summed E-state index contributed by atoms with van der Waals surface area (Å²) in [6.45, 7) is 0. The van der Waals surface area contributed by atoms with Crippen LogP contribution in [0.4, 0.5) is 0 Å². The number of carbonyl (C=O) groups excluding carboxylic acids is 1. The molecule has 24 heavy (non-hydrogen) atoms. The molecule has 2 aromatic rings. The molecule has 0 bridgehead atoms. The van der Waals surface area contributed by atoms with Gasteiger partial charge in [-0.2, -0.15) is 0 Å². The lowest BCUT2D eigenvalue weighted by Gasteiger charge is -2.13. The minimum atomic E-state index is -0.770. The SMILES string of the molecule is COc1ccc2cccc(CC(=O)N[C@H]3CC[C@@H](C(=O)O)C3)c2c1. The molecule has 3 rings (SSSR count). The van der Waals surface area contributed by atoms with E-state index in [0.717, 1.165) is 28.5 Å². The number of hydrogen-bond acceptors (Lipinski definition) is 3. The first kappa shape index (κ1) is 16.3. The number of nitrogens with one attached hydrogen (secondary N) is 1. The van der Waals surface area contributed by atoms with E-state index in [1.165, 1.54) is 0 Å². The highest BCUT2D eigenvalue weighted by Crippen LogP contribution is 2.27. The summed E-state index contributed by atoms with van der Waals surface area (Å²) in [7, 11) is 1.62. The van der Waals surface area contributed by atoms with Crippen LogP contribution in [0.2, 0.25) is 0 Å². The maximum Gasteiger partial charge on any atom is 0.306 e. The molecule has 1 aliphatic carbocycles. The fraction of sp³-hybridized carbons (Fsp3) is 0.368. The van der Waals surface area contributed by atoms with Crippen molar-refractivity contribution < 1.29 is 19.4 Å². The number of fused-ring (bicyclic) bond motifs is 1. The second-order valence-corrected chi connectivity index (χ2v) is 6.29. The van der Waals surface area contributed by atoms with E-state index in [1.807, 2.05) is 36.4 Å². The van der Waals surface area contributed by atoms with Crippen molar-refractivity contribution in [2.24, 2.45) is 5.92 Å². The lowest BCUT2D eigenvalue weighted by atomic mass is 10.0. The summed E-state index contributed by atoms with van der Waals surface area (Å²) in [5, 5.41) is 14.1. The second kappa shape index (κ2) is 6.91. The van der Waals surface area contributed by atoms with Crippen molar-refractivity contribution in [2.75, 3.05) is 7.11 Å². The van der Waals surface area contributed by atoms with Crippen molar-refractivity contribution in [3.8, 4) is 5.75 Å². The topological polar surface area (TPSA) is 75.6 Å². The molecular weight excluding hydrogens is 306 g/mol. The van der Waals surface area contributed by atoms with E-state index in [4.69, 9.17) is 9.84 Å². The summed E-state index contributed by atoms with van der Waals surface area (Å²) in [6, 6.07) is 11.7. The molecule has 0 heterocycles. The maximum atomic E-state index is 12.4. The number of amides is 1. The Balaban J connectivity index is 1.70. The molecule has 2 atom stereocenters. The molecule has 5 heteroatoms. The number of carbonyl (C=O) groups is 2. The van der Waals surface area contributed by atoms with Gasteiger partial charge in [0.15, 0.2) is 0 Å². The van der Waals surface area contributed by atoms with Crippen LogP contribution in [-0.2, 0) is 16.0 Å². The van der Waals surface area contributed by atoms with Gasteiger partial charge in [0, 0.05) is 6.04 Å². The molecule has 126 valence electrons. The fourth-order valence-electron chi connectivity index (χ4n) is 3.39. The van der Waals surface area contributed by atoms with Crippen molar-refractivity contribution in [3.63, 3.8) is 0 Å². The minimum Gasteiger partial charge on any atom is -0.497 e. The lowest BCUT2D eigenvalue weighted by molar-refractivity contribution is -0.141. The van der Waals surface area contributed by atoms with E-state index < -0.39 is 5.97 Å². The predicted molar refractivity (Wildman–Crippen MR) is 91.1 cm³/mol.